The van der Waals surface area contributed by atoms with Crippen LogP contribution in [0, 0.1) is 0 Å². The molecule has 1 saturated heterocycles. The zero-order chi connectivity index (χ0) is 15.9. The fourth-order valence-electron chi connectivity index (χ4n) is 2.42. The molecule has 1 amide bonds. The summed E-state index contributed by atoms with van der Waals surface area (Å²) in [5.41, 5.74) is 1.03. The lowest BCUT2D eigenvalue weighted by atomic mass is 10.2. The molecule has 0 radical (unpaired) electrons. The number of hydrogen-bond donors (Lipinski definition) is 1. The van der Waals surface area contributed by atoms with Crippen molar-refractivity contribution < 1.29 is 9.53 Å². The average molecular weight is 303 g/mol. The summed E-state index contributed by atoms with van der Waals surface area (Å²) in [5.74, 6) is 0.874. The minimum atomic E-state index is 0.0641. The summed E-state index contributed by atoms with van der Waals surface area (Å²) in [6, 6.07) is 2.45. The maximum absolute atomic E-state index is 11.3. The molecule has 0 spiro atoms. The molecule has 0 aliphatic carbocycles. The lowest BCUT2D eigenvalue weighted by molar-refractivity contribution is -0.128. The van der Waals surface area contributed by atoms with Crippen molar-refractivity contribution in [3.05, 3.63) is 30.1 Å². The van der Waals surface area contributed by atoms with Gasteiger partial charge in [-0.15, -0.1) is 0 Å². The van der Waals surface area contributed by atoms with Crippen molar-refractivity contribution in [2.45, 2.75) is 38.8 Å². The average Bonchev–Trinajstić information content (AvgIpc) is 2.96. The van der Waals surface area contributed by atoms with Crippen molar-refractivity contribution in [1.82, 2.24) is 15.2 Å². The summed E-state index contributed by atoms with van der Waals surface area (Å²) < 4.78 is 5.94. The number of hydrogen-bond acceptors (Lipinski definition) is 4. The molecule has 0 bridgehead atoms. The number of carbonyl (C=O) groups is 1. The Bertz CT molecular complexity index is 530. The van der Waals surface area contributed by atoms with Crippen LogP contribution in [0.1, 0.15) is 32.3 Å². The number of likely N-dealkylation sites (tertiary alicyclic amines) is 1. The third kappa shape index (κ3) is 4.84. The molecule has 1 fully saturated rings. The summed E-state index contributed by atoms with van der Waals surface area (Å²) in [6.45, 7) is 5.18. The number of amides is 1. The number of nitrogens with zero attached hydrogens (tertiary/aromatic N) is 2. The van der Waals surface area contributed by atoms with E-state index in [1.807, 2.05) is 24.2 Å². The zero-order valence-electron chi connectivity index (χ0n) is 13.6. The molecule has 5 nitrogen and oxygen atoms in total. The number of ether oxygens (including phenoxy) is 1. The van der Waals surface area contributed by atoms with Gasteiger partial charge in [0.05, 0.1) is 12.7 Å². The van der Waals surface area contributed by atoms with Crippen LogP contribution in [0.4, 0.5) is 0 Å². The Morgan fingerprint density at radius 1 is 1.59 bits per heavy atom. The van der Waals surface area contributed by atoms with Crippen LogP contribution in [0.15, 0.2) is 24.5 Å². The highest BCUT2D eigenvalue weighted by Gasteiger charge is 2.25. The molecular weight excluding hydrogens is 278 g/mol. The van der Waals surface area contributed by atoms with Gasteiger partial charge in [0.15, 0.2) is 0 Å². The van der Waals surface area contributed by atoms with Crippen LogP contribution in [0.3, 0.4) is 0 Å². The van der Waals surface area contributed by atoms with Gasteiger partial charge in [0, 0.05) is 32.1 Å². The molecule has 0 aromatic carbocycles. The standard InChI is InChI=1S/C17H25N3O2/c1-13(18-3)5-4-6-15-9-17(11-19-10-15)22-16-7-8-20(12-16)14(2)21/h4,6,9-11,13,16,18H,5,7-8,12H2,1-3H3/t13-,16+/m0/s1. The van der Waals surface area contributed by atoms with Crippen LogP contribution in [-0.2, 0) is 4.79 Å². The second-order valence-corrected chi connectivity index (χ2v) is 5.78. The zero-order valence-corrected chi connectivity index (χ0v) is 13.6. The highest BCUT2D eigenvalue weighted by Crippen LogP contribution is 2.19. The summed E-state index contributed by atoms with van der Waals surface area (Å²) in [7, 11) is 1.96. The lowest BCUT2D eigenvalue weighted by Crippen LogP contribution is -2.28. The first-order valence-electron chi connectivity index (χ1n) is 7.79. The third-order valence-corrected chi connectivity index (χ3v) is 3.92. The maximum Gasteiger partial charge on any atom is 0.219 e. The molecule has 22 heavy (non-hydrogen) atoms. The largest absolute Gasteiger partial charge is 0.487 e. The van der Waals surface area contributed by atoms with Crippen LogP contribution in [-0.4, -0.2) is 48.1 Å². The van der Waals surface area contributed by atoms with Gasteiger partial charge >= 0.3 is 0 Å². The first kappa shape index (κ1) is 16.5. The van der Waals surface area contributed by atoms with Crippen LogP contribution in [0.25, 0.3) is 6.08 Å². The molecule has 0 unspecified atom stereocenters. The van der Waals surface area contributed by atoms with E-state index in [2.05, 4.69) is 29.4 Å². The Kier molecular flexibility index (Phi) is 5.95. The number of nitrogens with one attached hydrogen (secondary N) is 1. The first-order valence-corrected chi connectivity index (χ1v) is 7.79. The van der Waals surface area contributed by atoms with Gasteiger partial charge in [0.1, 0.15) is 11.9 Å². The molecule has 1 aliphatic rings. The lowest BCUT2D eigenvalue weighted by Gasteiger charge is -2.15. The van der Waals surface area contributed by atoms with Gasteiger partial charge in [-0.1, -0.05) is 12.2 Å². The maximum atomic E-state index is 11.3. The van der Waals surface area contributed by atoms with Crippen LogP contribution in [0.2, 0.25) is 0 Å². The first-order chi connectivity index (χ1) is 10.6. The molecule has 2 rings (SSSR count). The van der Waals surface area contributed by atoms with E-state index in [4.69, 9.17) is 4.74 Å². The van der Waals surface area contributed by atoms with E-state index in [1.165, 1.54) is 0 Å². The number of carbonyl (C=O) groups excluding carboxylic acids is 1. The minimum Gasteiger partial charge on any atom is -0.487 e. The van der Waals surface area contributed by atoms with Gasteiger partial charge in [-0.2, -0.15) is 0 Å². The fourth-order valence-corrected chi connectivity index (χ4v) is 2.42. The molecule has 2 atom stereocenters. The van der Waals surface area contributed by atoms with Gasteiger partial charge < -0.3 is 15.0 Å². The molecular formula is C17H25N3O2. The van der Waals surface area contributed by atoms with Crippen molar-refractivity contribution >= 4 is 12.0 Å². The van der Waals surface area contributed by atoms with E-state index in [0.29, 0.717) is 12.6 Å². The molecule has 2 heterocycles. The van der Waals surface area contributed by atoms with Gasteiger partial charge in [-0.05, 0) is 32.0 Å². The van der Waals surface area contributed by atoms with Crippen LogP contribution in [0.5, 0.6) is 5.75 Å². The van der Waals surface area contributed by atoms with E-state index in [9.17, 15) is 4.79 Å². The summed E-state index contributed by atoms with van der Waals surface area (Å²) in [6.07, 6.45) is 9.65. The van der Waals surface area contributed by atoms with E-state index in [1.54, 1.807) is 13.1 Å². The van der Waals surface area contributed by atoms with Gasteiger partial charge in [-0.25, -0.2) is 0 Å². The molecule has 1 aliphatic heterocycles. The van der Waals surface area contributed by atoms with E-state index >= 15 is 0 Å². The summed E-state index contributed by atoms with van der Waals surface area (Å²) >= 11 is 0. The summed E-state index contributed by atoms with van der Waals surface area (Å²) in [5, 5.41) is 3.20. The highest BCUT2D eigenvalue weighted by atomic mass is 16.5. The van der Waals surface area contributed by atoms with Gasteiger partial charge in [0.2, 0.25) is 5.91 Å². The number of rotatable bonds is 6. The number of aromatic nitrogens is 1. The fraction of sp³-hybridized carbons (Fsp3) is 0.529. The van der Waals surface area contributed by atoms with Crippen LogP contribution >= 0.6 is 0 Å². The topological polar surface area (TPSA) is 54.5 Å². The predicted octanol–water partition coefficient (Wildman–Crippen LogP) is 2.09. The molecule has 1 aromatic heterocycles. The normalized spacial score (nSPS) is 19.6. The molecule has 0 saturated carbocycles. The van der Waals surface area contributed by atoms with E-state index in [0.717, 1.165) is 30.7 Å². The van der Waals surface area contributed by atoms with Gasteiger partial charge in [0.25, 0.3) is 0 Å². The van der Waals surface area contributed by atoms with Crippen molar-refractivity contribution in [3.8, 4) is 5.75 Å². The van der Waals surface area contributed by atoms with Gasteiger partial charge in [-0.3, -0.25) is 9.78 Å². The van der Waals surface area contributed by atoms with Crippen molar-refractivity contribution in [3.63, 3.8) is 0 Å². The summed E-state index contributed by atoms with van der Waals surface area (Å²) in [4.78, 5) is 17.4. The Balaban J connectivity index is 1.90. The SMILES string of the molecule is CN[C@@H](C)CC=Cc1cncc(O[C@@H]2CCN(C(C)=O)C2)c1. The van der Waals surface area contributed by atoms with Crippen LogP contribution < -0.4 is 10.1 Å². The third-order valence-electron chi connectivity index (χ3n) is 3.92. The van der Waals surface area contributed by atoms with Crippen molar-refractivity contribution in [2.75, 3.05) is 20.1 Å². The molecule has 120 valence electrons. The molecule has 5 heteroatoms. The Morgan fingerprint density at radius 3 is 3.09 bits per heavy atom. The van der Waals surface area contributed by atoms with Crippen molar-refractivity contribution in [2.24, 2.45) is 0 Å². The second kappa shape index (κ2) is 7.94. The Morgan fingerprint density at radius 2 is 2.41 bits per heavy atom. The van der Waals surface area contributed by atoms with E-state index < -0.39 is 0 Å². The highest BCUT2D eigenvalue weighted by molar-refractivity contribution is 5.73. The second-order valence-electron chi connectivity index (χ2n) is 5.78. The monoisotopic (exact) mass is 303 g/mol. The molecule has 1 aromatic rings. The number of pyridine rings is 1. The quantitative estimate of drug-likeness (QED) is 0.874. The Hall–Kier alpha value is -1.88. The van der Waals surface area contributed by atoms with Crippen molar-refractivity contribution in [1.29, 1.82) is 0 Å². The minimum absolute atomic E-state index is 0.0641. The predicted molar refractivity (Wildman–Crippen MR) is 87.7 cm³/mol. The Labute approximate surface area is 132 Å². The smallest absolute Gasteiger partial charge is 0.219 e. The molecule has 1 N–H and O–H groups in total. The van der Waals surface area contributed by atoms with E-state index in [-0.39, 0.29) is 12.0 Å².